The molecule has 10 heteroatoms. The van der Waals surface area contributed by atoms with Crippen LogP contribution in [-0.2, 0) is 26.2 Å². The predicted molar refractivity (Wildman–Crippen MR) is 148 cm³/mol. The molecule has 2 amide bonds. The Kier molecular flexibility index (Phi) is 10.1. The fraction of sp³-hybridized carbons (Fsp3) is 0.310. The number of carbonyl (C=O) groups is 2. The molecule has 3 aromatic carbocycles. The van der Waals surface area contributed by atoms with Crippen LogP contribution in [0.5, 0.6) is 5.75 Å². The molecule has 0 aliphatic rings. The second kappa shape index (κ2) is 13.2. The summed E-state index contributed by atoms with van der Waals surface area (Å²) in [6.07, 6.45) is 0.718. The number of hydrogen-bond acceptors (Lipinski definition) is 5. The predicted octanol–water partition coefficient (Wildman–Crippen LogP) is 4.28. The minimum atomic E-state index is -4.21. The molecule has 0 spiro atoms. The van der Waals surface area contributed by atoms with E-state index in [1.165, 1.54) is 36.3 Å². The third kappa shape index (κ3) is 7.57. The molecule has 0 aliphatic heterocycles. The van der Waals surface area contributed by atoms with E-state index >= 15 is 0 Å². The van der Waals surface area contributed by atoms with Gasteiger partial charge in [-0.1, -0.05) is 36.8 Å². The van der Waals surface area contributed by atoms with Crippen LogP contribution in [0.3, 0.4) is 0 Å². The van der Waals surface area contributed by atoms with Crippen molar-refractivity contribution in [2.24, 2.45) is 0 Å². The molecule has 1 N–H and O–H groups in total. The maximum atomic E-state index is 13.8. The van der Waals surface area contributed by atoms with E-state index in [1.807, 2.05) is 13.8 Å². The van der Waals surface area contributed by atoms with Crippen LogP contribution in [0.15, 0.2) is 77.7 Å². The molecule has 208 valence electrons. The van der Waals surface area contributed by atoms with Crippen LogP contribution in [0.1, 0.15) is 31.4 Å². The van der Waals surface area contributed by atoms with E-state index in [0.29, 0.717) is 17.9 Å². The molecule has 0 unspecified atom stereocenters. The van der Waals surface area contributed by atoms with Crippen LogP contribution in [0.4, 0.5) is 10.1 Å². The number of halogens is 1. The van der Waals surface area contributed by atoms with Gasteiger partial charge in [-0.15, -0.1) is 0 Å². The van der Waals surface area contributed by atoms with Gasteiger partial charge >= 0.3 is 0 Å². The molecule has 0 aromatic heterocycles. The lowest BCUT2D eigenvalue weighted by molar-refractivity contribution is -0.139. The lowest BCUT2D eigenvalue weighted by Crippen LogP contribution is -2.51. The van der Waals surface area contributed by atoms with Gasteiger partial charge in [0.2, 0.25) is 11.8 Å². The topological polar surface area (TPSA) is 96.0 Å². The number of benzene rings is 3. The first-order valence-corrected chi connectivity index (χ1v) is 14.1. The van der Waals surface area contributed by atoms with Crippen molar-refractivity contribution in [2.75, 3.05) is 24.5 Å². The molecule has 39 heavy (non-hydrogen) atoms. The average molecular weight is 556 g/mol. The second-order valence-electron chi connectivity index (χ2n) is 9.14. The van der Waals surface area contributed by atoms with Gasteiger partial charge in [0.25, 0.3) is 10.0 Å². The fourth-order valence-electron chi connectivity index (χ4n) is 3.92. The lowest BCUT2D eigenvalue weighted by atomic mass is 10.1. The van der Waals surface area contributed by atoms with Crippen LogP contribution < -0.4 is 14.4 Å². The number of methoxy groups -OCH3 is 1. The second-order valence-corrected chi connectivity index (χ2v) is 11.0. The van der Waals surface area contributed by atoms with Gasteiger partial charge in [0.15, 0.2) is 0 Å². The highest BCUT2D eigenvalue weighted by Crippen LogP contribution is 2.25. The van der Waals surface area contributed by atoms with Crippen LogP contribution in [0, 0.1) is 12.7 Å². The van der Waals surface area contributed by atoms with Gasteiger partial charge in [0.1, 0.15) is 24.2 Å². The van der Waals surface area contributed by atoms with Crippen LogP contribution in [0.25, 0.3) is 0 Å². The quantitative estimate of drug-likeness (QED) is 0.360. The largest absolute Gasteiger partial charge is 0.497 e. The molecular weight excluding hydrogens is 521 g/mol. The number of anilines is 1. The molecule has 8 nitrogen and oxygen atoms in total. The summed E-state index contributed by atoms with van der Waals surface area (Å²) in [5, 5.41) is 2.80. The van der Waals surface area contributed by atoms with Crippen molar-refractivity contribution in [1.29, 1.82) is 0 Å². The number of aryl methyl sites for hydroxylation is 1. The number of hydrogen-bond donors (Lipinski definition) is 1. The molecule has 0 aliphatic carbocycles. The molecule has 0 fully saturated rings. The van der Waals surface area contributed by atoms with E-state index in [0.717, 1.165) is 28.4 Å². The van der Waals surface area contributed by atoms with E-state index < -0.39 is 34.3 Å². The van der Waals surface area contributed by atoms with Crippen molar-refractivity contribution in [3.8, 4) is 5.75 Å². The summed E-state index contributed by atoms with van der Waals surface area (Å²) in [5.74, 6) is -0.920. The van der Waals surface area contributed by atoms with E-state index in [-0.39, 0.29) is 23.0 Å². The molecular formula is C29H34FN3O5S. The Morgan fingerprint density at radius 3 is 2.31 bits per heavy atom. The Balaban J connectivity index is 2.02. The first-order valence-electron chi connectivity index (χ1n) is 12.6. The zero-order chi connectivity index (χ0) is 28.6. The summed E-state index contributed by atoms with van der Waals surface area (Å²) in [5.41, 5.74) is 1.69. The zero-order valence-corrected chi connectivity index (χ0v) is 23.4. The summed E-state index contributed by atoms with van der Waals surface area (Å²) < 4.78 is 47.4. The third-order valence-corrected chi connectivity index (χ3v) is 7.99. The third-order valence-electron chi connectivity index (χ3n) is 6.21. The molecule has 0 heterocycles. The maximum absolute atomic E-state index is 13.8. The number of amides is 2. The number of sulfonamides is 1. The summed E-state index contributed by atoms with van der Waals surface area (Å²) in [4.78, 5) is 28.1. The Morgan fingerprint density at radius 1 is 1.03 bits per heavy atom. The highest BCUT2D eigenvalue weighted by molar-refractivity contribution is 7.92. The van der Waals surface area contributed by atoms with Crippen LogP contribution in [0.2, 0.25) is 0 Å². The van der Waals surface area contributed by atoms with Crippen LogP contribution >= 0.6 is 0 Å². The fourth-order valence-corrected chi connectivity index (χ4v) is 5.33. The maximum Gasteiger partial charge on any atom is 0.264 e. The van der Waals surface area contributed by atoms with Gasteiger partial charge in [-0.2, -0.15) is 0 Å². The number of carbonyl (C=O) groups excluding carboxylic acids is 2. The van der Waals surface area contributed by atoms with Gasteiger partial charge in [0.05, 0.1) is 17.7 Å². The van der Waals surface area contributed by atoms with Crippen molar-refractivity contribution < 1.29 is 27.1 Å². The lowest BCUT2D eigenvalue weighted by Gasteiger charge is -2.32. The van der Waals surface area contributed by atoms with Crippen LogP contribution in [-0.4, -0.2) is 51.4 Å². The highest BCUT2D eigenvalue weighted by Gasteiger charge is 2.32. The summed E-state index contributed by atoms with van der Waals surface area (Å²) in [6.45, 7) is 5.23. The first-order chi connectivity index (χ1) is 18.6. The minimum absolute atomic E-state index is 0.0155. The Morgan fingerprint density at radius 2 is 1.69 bits per heavy atom. The average Bonchev–Trinajstić information content (AvgIpc) is 2.93. The Bertz CT molecular complexity index is 1380. The molecule has 3 aromatic rings. The van der Waals surface area contributed by atoms with Gasteiger partial charge in [-0.05, 0) is 74.4 Å². The first kappa shape index (κ1) is 29.6. The van der Waals surface area contributed by atoms with Gasteiger partial charge in [-0.25, -0.2) is 12.8 Å². The summed E-state index contributed by atoms with van der Waals surface area (Å²) in [7, 11) is -2.69. The highest BCUT2D eigenvalue weighted by atomic mass is 32.2. The van der Waals surface area contributed by atoms with Gasteiger partial charge in [-0.3, -0.25) is 13.9 Å². The number of nitrogens with one attached hydrogen (secondary N) is 1. The normalized spacial score (nSPS) is 11.9. The summed E-state index contributed by atoms with van der Waals surface area (Å²) in [6, 6.07) is 17.3. The van der Waals surface area contributed by atoms with E-state index in [9.17, 15) is 22.4 Å². The van der Waals surface area contributed by atoms with Crippen molar-refractivity contribution in [1.82, 2.24) is 10.2 Å². The van der Waals surface area contributed by atoms with E-state index in [4.69, 9.17) is 4.74 Å². The number of nitrogens with zero attached hydrogens (tertiary/aromatic N) is 2. The van der Waals surface area contributed by atoms with Crippen molar-refractivity contribution in [2.45, 2.75) is 44.7 Å². The Labute approximate surface area is 229 Å². The molecule has 3 rings (SSSR count). The minimum Gasteiger partial charge on any atom is -0.497 e. The van der Waals surface area contributed by atoms with Crippen molar-refractivity contribution >= 4 is 27.5 Å². The zero-order valence-electron chi connectivity index (χ0n) is 22.6. The van der Waals surface area contributed by atoms with Crippen molar-refractivity contribution in [3.05, 3.63) is 89.7 Å². The SMILES string of the molecule is CCCNC(=O)[C@@H](C)N(Cc1cccc(OC)c1)C(=O)CN(c1ccc(F)cc1)S(=O)(=O)c1ccc(C)cc1. The Hall–Kier alpha value is -3.92. The van der Waals surface area contributed by atoms with Crippen molar-refractivity contribution in [3.63, 3.8) is 0 Å². The summed E-state index contributed by atoms with van der Waals surface area (Å²) >= 11 is 0. The smallest absolute Gasteiger partial charge is 0.264 e. The molecule has 0 saturated heterocycles. The monoisotopic (exact) mass is 555 g/mol. The molecule has 0 saturated carbocycles. The number of ether oxygens (including phenoxy) is 1. The molecule has 0 radical (unpaired) electrons. The molecule has 1 atom stereocenters. The van der Waals surface area contributed by atoms with Gasteiger partial charge in [0, 0.05) is 13.1 Å². The molecule has 0 bridgehead atoms. The van der Waals surface area contributed by atoms with Gasteiger partial charge < -0.3 is 15.0 Å². The standard InChI is InChI=1S/C29H34FN3O5S/c1-5-17-31-29(35)22(3)32(19-23-7-6-8-26(18-23)38-4)28(34)20-33(25-13-11-24(30)12-14-25)39(36,37)27-15-9-21(2)10-16-27/h6-16,18,22H,5,17,19-20H2,1-4H3,(H,31,35)/t22-/m1/s1. The van der Waals surface area contributed by atoms with E-state index in [1.54, 1.807) is 43.3 Å². The number of rotatable bonds is 12. The van der Waals surface area contributed by atoms with E-state index in [2.05, 4.69) is 5.32 Å².